The Hall–Kier alpha value is -2.20. The molecule has 0 aliphatic heterocycles. The van der Waals surface area contributed by atoms with E-state index in [1.165, 1.54) is 0 Å². The first kappa shape index (κ1) is 12.8. The van der Waals surface area contributed by atoms with E-state index in [0.29, 0.717) is 12.5 Å². The number of fused-ring (bicyclic) bond motifs is 1. The maximum absolute atomic E-state index is 5.86. The van der Waals surface area contributed by atoms with Crippen LogP contribution in [0.5, 0.6) is 0 Å². The van der Waals surface area contributed by atoms with Crippen LogP contribution in [0.15, 0.2) is 42.6 Å². The monoisotopic (exact) mass is 266 g/mol. The van der Waals surface area contributed by atoms with E-state index in [1.54, 1.807) is 0 Å². The molecule has 3 aromatic rings. The van der Waals surface area contributed by atoms with E-state index in [0.717, 1.165) is 28.0 Å². The molecule has 0 aliphatic carbocycles. The number of hydrogen-bond acceptors (Lipinski definition) is 3. The second-order valence-electron chi connectivity index (χ2n) is 5.20. The summed E-state index contributed by atoms with van der Waals surface area (Å²) in [4.78, 5) is 4.67. The summed E-state index contributed by atoms with van der Waals surface area (Å²) in [6.45, 7) is 4.76. The molecule has 0 fully saturated rings. The molecule has 0 spiro atoms. The lowest BCUT2D eigenvalue weighted by Gasteiger charge is -2.08. The van der Waals surface area contributed by atoms with Gasteiger partial charge in [0, 0.05) is 18.1 Å². The zero-order valence-corrected chi connectivity index (χ0v) is 11.7. The van der Waals surface area contributed by atoms with Crippen LogP contribution in [0, 0.1) is 0 Å². The summed E-state index contributed by atoms with van der Waals surface area (Å²) in [5.41, 5.74) is 8.96. The lowest BCUT2D eigenvalue weighted by Crippen LogP contribution is -2.04. The number of nitrogens with two attached hydrogens (primary N) is 1. The number of benzene rings is 1. The van der Waals surface area contributed by atoms with Gasteiger partial charge in [-0.05, 0) is 29.7 Å². The molecule has 0 radical (unpaired) electrons. The van der Waals surface area contributed by atoms with Crippen LogP contribution < -0.4 is 5.73 Å². The van der Waals surface area contributed by atoms with Crippen molar-refractivity contribution in [2.24, 2.45) is 5.73 Å². The highest BCUT2D eigenvalue weighted by molar-refractivity contribution is 5.83. The van der Waals surface area contributed by atoms with Gasteiger partial charge in [0.25, 0.3) is 0 Å². The zero-order valence-electron chi connectivity index (χ0n) is 11.7. The minimum atomic E-state index is 0.408. The molecule has 20 heavy (non-hydrogen) atoms. The third kappa shape index (κ3) is 2.18. The zero-order chi connectivity index (χ0) is 14.1. The number of pyridine rings is 1. The number of nitrogens with zero attached hydrogens (tertiary/aromatic N) is 3. The van der Waals surface area contributed by atoms with Crippen molar-refractivity contribution in [3.05, 3.63) is 53.9 Å². The van der Waals surface area contributed by atoms with E-state index in [1.807, 2.05) is 41.2 Å². The minimum Gasteiger partial charge on any atom is -0.326 e. The first-order chi connectivity index (χ1) is 9.69. The summed E-state index contributed by atoms with van der Waals surface area (Å²) in [6, 6.07) is 12.1. The van der Waals surface area contributed by atoms with Crippen molar-refractivity contribution in [1.82, 2.24) is 14.8 Å². The molecule has 1 aromatic carbocycles. The topological polar surface area (TPSA) is 56.7 Å². The average molecular weight is 266 g/mol. The van der Waals surface area contributed by atoms with Crippen LogP contribution in [-0.2, 0) is 6.54 Å². The molecular weight excluding hydrogens is 248 g/mol. The van der Waals surface area contributed by atoms with E-state index < -0.39 is 0 Å². The van der Waals surface area contributed by atoms with Crippen LogP contribution >= 0.6 is 0 Å². The molecule has 2 N–H and O–H groups in total. The molecule has 0 atom stereocenters. The second kappa shape index (κ2) is 5.06. The van der Waals surface area contributed by atoms with Crippen molar-refractivity contribution in [3.8, 4) is 5.82 Å². The second-order valence-corrected chi connectivity index (χ2v) is 5.20. The third-order valence-corrected chi connectivity index (χ3v) is 3.44. The fourth-order valence-electron chi connectivity index (χ4n) is 2.29. The maximum atomic E-state index is 5.86. The number of aromatic nitrogens is 3. The number of rotatable bonds is 3. The molecule has 0 unspecified atom stereocenters. The Balaban J connectivity index is 2.15. The molecule has 0 amide bonds. The highest BCUT2D eigenvalue weighted by Crippen LogP contribution is 2.20. The summed E-state index contributed by atoms with van der Waals surface area (Å²) in [5, 5.41) is 5.68. The van der Waals surface area contributed by atoms with Crippen LogP contribution in [0.2, 0.25) is 0 Å². The van der Waals surface area contributed by atoms with Gasteiger partial charge in [0.2, 0.25) is 0 Å². The Kier molecular flexibility index (Phi) is 3.24. The van der Waals surface area contributed by atoms with Gasteiger partial charge in [0.1, 0.15) is 0 Å². The van der Waals surface area contributed by atoms with Gasteiger partial charge in [-0.15, -0.1) is 0 Å². The van der Waals surface area contributed by atoms with Gasteiger partial charge >= 0.3 is 0 Å². The summed E-state index contributed by atoms with van der Waals surface area (Å²) in [6.07, 6.45) is 1.95. The summed E-state index contributed by atoms with van der Waals surface area (Å²) < 4.78 is 1.82. The van der Waals surface area contributed by atoms with Gasteiger partial charge in [0.15, 0.2) is 5.82 Å². The van der Waals surface area contributed by atoms with E-state index in [2.05, 4.69) is 30.0 Å². The van der Waals surface area contributed by atoms with Crippen LogP contribution in [-0.4, -0.2) is 14.8 Å². The Morgan fingerprint density at radius 3 is 2.70 bits per heavy atom. The molecule has 102 valence electrons. The lowest BCUT2D eigenvalue weighted by atomic mass is 10.1. The van der Waals surface area contributed by atoms with E-state index >= 15 is 0 Å². The van der Waals surface area contributed by atoms with Gasteiger partial charge in [-0.2, -0.15) is 5.10 Å². The lowest BCUT2D eigenvalue weighted by molar-refractivity contribution is 0.758. The van der Waals surface area contributed by atoms with Crippen LogP contribution in [0.3, 0.4) is 0 Å². The van der Waals surface area contributed by atoms with Gasteiger partial charge in [-0.3, -0.25) is 0 Å². The van der Waals surface area contributed by atoms with Crippen molar-refractivity contribution in [2.45, 2.75) is 26.3 Å². The first-order valence-electron chi connectivity index (χ1n) is 6.83. The van der Waals surface area contributed by atoms with Crippen molar-refractivity contribution in [3.63, 3.8) is 0 Å². The van der Waals surface area contributed by atoms with Gasteiger partial charge in [-0.25, -0.2) is 9.67 Å². The predicted molar refractivity (Wildman–Crippen MR) is 80.8 cm³/mol. The predicted octanol–water partition coefficient (Wildman–Crippen LogP) is 3.00. The Morgan fingerprint density at radius 2 is 2.00 bits per heavy atom. The molecule has 3 rings (SSSR count). The summed E-state index contributed by atoms with van der Waals surface area (Å²) in [5.74, 6) is 1.22. The van der Waals surface area contributed by atoms with Crippen molar-refractivity contribution in [1.29, 1.82) is 0 Å². The normalized spacial score (nSPS) is 11.4. The van der Waals surface area contributed by atoms with Gasteiger partial charge in [0.05, 0.1) is 11.2 Å². The quantitative estimate of drug-likeness (QED) is 0.792. The minimum absolute atomic E-state index is 0.408. The van der Waals surface area contributed by atoms with Crippen LogP contribution in [0.1, 0.15) is 31.0 Å². The van der Waals surface area contributed by atoms with Crippen LogP contribution in [0.25, 0.3) is 16.7 Å². The number of para-hydroxylation sites is 1. The van der Waals surface area contributed by atoms with E-state index in [-0.39, 0.29) is 0 Å². The fourth-order valence-corrected chi connectivity index (χ4v) is 2.29. The fraction of sp³-hybridized carbons (Fsp3) is 0.250. The molecule has 0 aliphatic rings. The molecule has 4 nitrogen and oxygen atoms in total. The Labute approximate surface area is 118 Å². The maximum Gasteiger partial charge on any atom is 0.154 e. The summed E-state index contributed by atoms with van der Waals surface area (Å²) >= 11 is 0. The highest BCUT2D eigenvalue weighted by Gasteiger charge is 2.09. The number of hydrogen-bond donors (Lipinski definition) is 1. The third-order valence-electron chi connectivity index (χ3n) is 3.44. The van der Waals surface area contributed by atoms with Crippen molar-refractivity contribution >= 4 is 10.9 Å². The van der Waals surface area contributed by atoms with Gasteiger partial charge < -0.3 is 5.73 Å². The molecule has 4 heteroatoms. The van der Waals surface area contributed by atoms with Gasteiger partial charge in [-0.1, -0.05) is 32.0 Å². The molecule has 2 aromatic heterocycles. The molecule has 2 heterocycles. The van der Waals surface area contributed by atoms with E-state index in [4.69, 9.17) is 5.73 Å². The standard InChI is InChI=1S/C16H18N4/c1-11(2)14-7-8-20(19-14)16-9-12(10-17)13-5-3-4-6-15(13)18-16/h3-9,11H,10,17H2,1-2H3. The van der Waals surface area contributed by atoms with Crippen LogP contribution in [0.4, 0.5) is 0 Å². The molecular formula is C16H18N4. The first-order valence-corrected chi connectivity index (χ1v) is 6.83. The SMILES string of the molecule is CC(C)c1ccn(-c2cc(CN)c3ccccc3n2)n1. The van der Waals surface area contributed by atoms with Crippen molar-refractivity contribution < 1.29 is 0 Å². The largest absolute Gasteiger partial charge is 0.326 e. The molecule has 0 bridgehead atoms. The highest BCUT2D eigenvalue weighted by atomic mass is 15.3. The van der Waals surface area contributed by atoms with Crippen molar-refractivity contribution in [2.75, 3.05) is 0 Å². The smallest absolute Gasteiger partial charge is 0.154 e. The Bertz CT molecular complexity index is 743. The summed E-state index contributed by atoms with van der Waals surface area (Å²) in [7, 11) is 0. The molecule has 0 saturated carbocycles. The molecule has 0 saturated heterocycles. The Morgan fingerprint density at radius 1 is 1.20 bits per heavy atom. The average Bonchev–Trinajstić information content (AvgIpc) is 2.96. The van der Waals surface area contributed by atoms with E-state index in [9.17, 15) is 0 Å².